The van der Waals surface area contributed by atoms with Crippen molar-refractivity contribution in [2.24, 2.45) is 0 Å². The Bertz CT molecular complexity index is 300. The normalized spacial score (nSPS) is 17.3. The summed E-state index contributed by atoms with van der Waals surface area (Å²) in [6, 6.07) is 1.91. The molecule has 1 aromatic heterocycles. The number of hydrogen-bond donors (Lipinski definition) is 0. The zero-order valence-electron chi connectivity index (χ0n) is 7.79. The van der Waals surface area contributed by atoms with Gasteiger partial charge in [0.15, 0.2) is 0 Å². The quantitative estimate of drug-likeness (QED) is 0.653. The van der Waals surface area contributed by atoms with Crippen molar-refractivity contribution >= 4 is 5.95 Å². The van der Waals surface area contributed by atoms with Gasteiger partial charge >= 0.3 is 0 Å². The highest BCUT2D eigenvalue weighted by Crippen LogP contribution is 2.18. The smallest absolute Gasteiger partial charge is 0.225 e. The predicted molar refractivity (Wildman–Crippen MR) is 48.6 cm³/mol. The molecule has 0 N–H and O–H groups in total. The van der Waals surface area contributed by atoms with Gasteiger partial charge in [-0.3, -0.25) is 0 Å². The Morgan fingerprint density at radius 2 is 1.85 bits per heavy atom. The van der Waals surface area contributed by atoms with Crippen LogP contribution in [0.15, 0.2) is 6.07 Å². The monoisotopic (exact) mass is 181 g/mol. The van der Waals surface area contributed by atoms with Gasteiger partial charge in [0.1, 0.15) is 6.17 Å². The third-order valence-corrected chi connectivity index (χ3v) is 2.09. The minimum Gasteiger partial charge on any atom is -0.335 e. The van der Waals surface area contributed by atoms with E-state index in [9.17, 15) is 4.39 Å². The molecule has 0 unspecified atom stereocenters. The minimum absolute atomic E-state index is 0.433. The maximum Gasteiger partial charge on any atom is 0.225 e. The van der Waals surface area contributed by atoms with Crippen LogP contribution in [0.5, 0.6) is 0 Å². The van der Waals surface area contributed by atoms with Gasteiger partial charge in [-0.15, -0.1) is 0 Å². The van der Waals surface area contributed by atoms with Crippen molar-refractivity contribution in [2.45, 2.75) is 20.0 Å². The summed E-state index contributed by atoms with van der Waals surface area (Å²) in [5.74, 6) is 0.659. The molecule has 1 aliphatic rings. The fourth-order valence-corrected chi connectivity index (χ4v) is 1.44. The molecule has 0 spiro atoms. The van der Waals surface area contributed by atoms with Crippen LogP contribution in [0.3, 0.4) is 0 Å². The fraction of sp³-hybridized carbons (Fsp3) is 0.556. The van der Waals surface area contributed by atoms with Crippen molar-refractivity contribution in [3.8, 4) is 0 Å². The molecule has 1 fully saturated rings. The second-order valence-corrected chi connectivity index (χ2v) is 3.45. The molecule has 1 aromatic rings. The summed E-state index contributed by atoms with van der Waals surface area (Å²) < 4.78 is 12.6. The van der Waals surface area contributed by atoms with Gasteiger partial charge in [0.05, 0.1) is 13.1 Å². The number of alkyl halides is 1. The van der Waals surface area contributed by atoms with E-state index < -0.39 is 6.17 Å². The fourth-order valence-electron chi connectivity index (χ4n) is 1.44. The molecule has 2 heterocycles. The molecule has 0 radical (unpaired) electrons. The average Bonchev–Trinajstić information content (AvgIpc) is 1.96. The minimum atomic E-state index is -0.704. The number of aromatic nitrogens is 2. The molecular weight excluding hydrogens is 169 g/mol. The molecule has 0 atom stereocenters. The van der Waals surface area contributed by atoms with Gasteiger partial charge < -0.3 is 4.90 Å². The zero-order chi connectivity index (χ0) is 9.42. The maximum atomic E-state index is 12.6. The van der Waals surface area contributed by atoms with E-state index in [-0.39, 0.29) is 0 Å². The number of halogens is 1. The second-order valence-electron chi connectivity index (χ2n) is 3.45. The third kappa shape index (κ3) is 1.61. The van der Waals surface area contributed by atoms with Gasteiger partial charge in [0.25, 0.3) is 0 Å². The third-order valence-electron chi connectivity index (χ3n) is 2.09. The van der Waals surface area contributed by atoms with Crippen LogP contribution in [0.4, 0.5) is 10.3 Å². The van der Waals surface area contributed by atoms with Crippen LogP contribution in [0.2, 0.25) is 0 Å². The van der Waals surface area contributed by atoms with Crippen molar-refractivity contribution in [1.29, 1.82) is 0 Å². The summed E-state index contributed by atoms with van der Waals surface area (Å²) in [6.07, 6.45) is -0.704. The van der Waals surface area contributed by atoms with E-state index in [1.54, 1.807) is 0 Å². The summed E-state index contributed by atoms with van der Waals surface area (Å²) in [5, 5.41) is 0. The first-order chi connectivity index (χ1) is 6.15. The number of aryl methyl sites for hydroxylation is 2. The second kappa shape index (κ2) is 2.94. The molecule has 1 aliphatic heterocycles. The number of nitrogens with zero attached hydrogens (tertiary/aromatic N) is 3. The molecule has 13 heavy (non-hydrogen) atoms. The molecule has 3 nitrogen and oxygen atoms in total. The molecule has 0 aliphatic carbocycles. The van der Waals surface area contributed by atoms with Gasteiger partial charge in [-0.25, -0.2) is 14.4 Å². The predicted octanol–water partition coefficient (Wildman–Crippen LogP) is 1.25. The lowest BCUT2D eigenvalue weighted by molar-refractivity contribution is 0.272. The van der Waals surface area contributed by atoms with Crippen LogP contribution in [0.1, 0.15) is 11.4 Å². The SMILES string of the molecule is Cc1cc(C)nc(N2CC(F)C2)n1. The Hall–Kier alpha value is -1.19. The molecule has 70 valence electrons. The lowest BCUT2D eigenvalue weighted by Gasteiger charge is -2.34. The molecule has 2 rings (SSSR count). The van der Waals surface area contributed by atoms with Crippen LogP contribution in [0.25, 0.3) is 0 Å². The first-order valence-corrected chi connectivity index (χ1v) is 4.36. The molecule has 0 aromatic carbocycles. The van der Waals surface area contributed by atoms with E-state index >= 15 is 0 Å². The van der Waals surface area contributed by atoms with Crippen LogP contribution in [0, 0.1) is 13.8 Å². The van der Waals surface area contributed by atoms with Crippen LogP contribution >= 0.6 is 0 Å². The highest BCUT2D eigenvalue weighted by molar-refractivity contribution is 5.36. The topological polar surface area (TPSA) is 29.0 Å². The molecule has 0 saturated carbocycles. The number of rotatable bonds is 1. The highest BCUT2D eigenvalue weighted by Gasteiger charge is 2.28. The van der Waals surface area contributed by atoms with E-state index in [1.165, 1.54) is 0 Å². The van der Waals surface area contributed by atoms with Crippen LogP contribution in [-0.4, -0.2) is 29.2 Å². The van der Waals surface area contributed by atoms with E-state index in [4.69, 9.17) is 0 Å². The summed E-state index contributed by atoms with van der Waals surface area (Å²) in [7, 11) is 0. The molecule has 0 amide bonds. The number of hydrogen-bond acceptors (Lipinski definition) is 3. The van der Waals surface area contributed by atoms with Crippen molar-refractivity contribution in [3.63, 3.8) is 0 Å². The first kappa shape index (κ1) is 8.41. The van der Waals surface area contributed by atoms with Gasteiger partial charge in [0.2, 0.25) is 5.95 Å². The summed E-state index contributed by atoms with van der Waals surface area (Å²) in [5.41, 5.74) is 1.87. The van der Waals surface area contributed by atoms with Gasteiger partial charge in [-0.1, -0.05) is 0 Å². The van der Waals surface area contributed by atoms with Crippen molar-refractivity contribution in [3.05, 3.63) is 17.5 Å². The number of anilines is 1. The zero-order valence-corrected chi connectivity index (χ0v) is 7.79. The molecule has 1 saturated heterocycles. The van der Waals surface area contributed by atoms with E-state index in [2.05, 4.69) is 9.97 Å². The van der Waals surface area contributed by atoms with Gasteiger partial charge in [-0.2, -0.15) is 0 Å². The molecule has 0 bridgehead atoms. The summed E-state index contributed by atoms with van der Waals surface area (Å²) >= 11 is 0. The van der Waals surface area contributed by atoms with Crippen molar-refractivity contribution < 1.29 is 4.39 Å². The van der Waals surface area contributed by atoms with Gasteiger partial charge in [-0.05, 0) is 19.9 Å². The van der Waals surface area contributed by atoms with E-state index in [0.717, 1.165) is 11.4 Å². The first-order valence-electron chi connectivity index (χ1n) is 4.36. The van der Waals surface area contributed by atoms with E-state index in [1.807, 2.05) is 24.8 Å². The summed E-state index contributed by atoms with van der Waals surface area (Å²) in [4.78, 5) is 10.3. The van der Waals surface area contributed by atoms with Crippen LogP contribution < -0.4 is 4.90 Å². The average molecular weight is 181 g/mol. The Morgan fingerprint density at radius 1 is 1.31 bits per heavy atom. The lowest BCUT2D eigenvalue weighted by atomic mass is 10.2. The Morgan fingerprint density at radius 3 is 2.31 bits per heavy atom. The molecule has 4 heteroatoms. The lowest BCUT2D eigenvalue weighted by Crippen LogP contribution is -2.49. The standard InChI is InChI=1S/C9H12FN3/c1-6-3-7(2)12-9(11-6)13-4-8(10)5-13/h3,8H,4-5H2,1-2H3. The highest BCUT2D eigenvalue weighted by atomic mass is 19.1. The van der Waals surface area contributed by atoms with Crippen LogP contribution in [-0.2, 0) is 0 Å². The Balaban J connectivity index is 2.21. The summed E-state index contributed by atoms with van der Waals surface area (Å²) in [6.45, 7) is 4.71. The Kier molecular flexibility index (Phi) is 1.90. The Labute approximate surface area is 76.6 Å². The maximum absolute atomic E-state index is 12.6. The van der Waals surface area contributed by atoms with Crippen molar-refractivity contribution in [2.75, 3.05) is 18.0 Å². The molecular formula is C9H12FN3. The van der Waals surface area contributed by atoms with Crippen molar-refractivity contribution in [1.82, 2.24) is 9.97 Å². The van der Waals surface area contributed by atoms with Gasteiger partial charge in [0, 0.05) is 11.4 Å². The van der Waals surface area contributed by atoms with E-state index in [0.29, 0.717) is 19.0 Å². The largest absolute Gasteiger partial charge is 0.335 e.